The summed E-state index contributed by atoms with van der Waals surface area (Å²) in [7, 11) is 0. The summed E-state index contributed by atoms with van der Waals surface area (Å²) in [5.74, 6) is 0.880. The van der Waals surface area contributed by atoms with Crippen molar-refractivity contribution < 1.29 is 0 Å². The van der Waals surface area contributed by atoms with E-state index in [1.807, 2.05) is 0 Å². The first kappa shape index (κ1) is 4.13. The van der Waals surface area contributed by atoms with E-state index in [2.05, 4.69) is 6.92 Å². The summed E-state index contributed by atoms with van der Waals surface area (Å²) >= 11 is 0. The molecule has 1 nitrogen and oxygen atoms in total. The predicted octanol–water partition coefficient (Wildman–Crippen LogP) is 0.744. The molecule has 6 heavy (non-hydrogen) atoms. The molecule has 0 aromatic rings. The molecular formula is C5H11N. The van der Waals surface area contributed by atoms with E-state index in [0.717, 1.165) is 5.92 Å². The van der Waals surface area contributed by atoms with Crippen LogP contribution in [0.2, 0.25) is 0 Å². The smallest absolute Gasteiger partial charge is 0.00708 e. The molecule has 1 saturated carbocycles. The highest BCUT2D eigenvalue weighted by Crippen LogP contribution is 2.30. The second-order valence-corrected chi connectivity index (χ2v) is 2.07. The number of hydrogen-bond acceptors (Lipinski definition) is 1. The average molecular weight is 85.2 g/mol. The van der Waals surface area contributed by atoms with Crippen LogP contribution in [0.1, 0.15) is 19.8 Å². The zero-order valence-electron chi connectivity index (χ0n) is 4.15. The minimum Gasteiger partial charge on any atom is -0.327 e. The molecule has 1 rings (SSSR count). The third-order valence-electron chi connectivity index (χ3n) is 1.50. The Morgan fingerprint density at radius 1 is 1.83 bits per heavy atom. The van der Waals surface area contributed by atoms with Crippen LogP contribution in [-0.2, 0) is 0 Å². The summed E-state index contributed by atoms with van der Waals surface area (Å²) in [6.07, 6.45) is 2.55. The van der Waals surface area contributed by atoms with Crippen LogP contribution in [0.15, 0.2) is 0 Å². The van der Waals surface area contributed by atoms with E-state index in [9.17, 15) is 0 Å². The van der Waals surface area contributed by atoms with Crippen LogP contribution in [0.3, 0.4) is 0 Å². The summed E-state index contributed by atoms with van der Waals surface area (Å²) in [5, 5.41) is 0. The Labute approximate surface area is 38.5 Å². The lowest BCUT2D eigenvalue weighted by atomic mass is 10.3. The zero-order chi connectivity index (χ0) is 4.57. The van der Waals surface area contributed by atoms with Gasteiger partial charge in [0.05, 0.1) is 0 Å². The third kappa shape index (κ3) is 0.548. The molecule has 36 valence electrons. The minimum atomic E-state index is 0.565. The molecule has 0 aliphatic heterocycles. The fraction of sp³-hybridized carbons (Fsp3) is 1.00. The fourth-order valence-corrected chi connectivity index (χ4v) is 0.740. The van der Waals surface area contributed by atoms with Crippen LogP contribution in [-0.4, -0.2) is 6.04 Å². The second kappa shape index (κ2) is 1.23. The van der Waals surface area contributed by atoms with Gasteiger partial charge in [-0.1, -0.05) is 13.3 Å². The topological polar surface area (TPSA) is 26.0 Å². The van der Waals surface area contributed by atoms with Crippen molar-refractivity contribution in [2.45, 2.75) is 25.8 Å². The van der Waals surface area contributed by atoms with Gasteiger partial charge in [-0.25, -0.2) is 0 Å². The first-order valence-corrected chi connectivity index (χ1v) is 2.60. The van der Waals surface area contributed by atoms with Gasteiger partial charge >= 0.3 is 0 Å². The van der Waals surface area contributed by atoms with Crippen molar-refractivity contribution in [2.24, 2.45) is 11.7 Å². The molecule has 1 aliphatic carbocycles. The van der Waals surface area contributed by atoms with E-state index in [4.69, 9.17) is 5.73 Å². The Morgan fingerprint density at radius 3 is 2.33 bits per heavy atom. The van der Waals surface area contributed by atoms with E-state index in [0.29, 0.717) is 6.04 Å². The summed E-state index contributed by atoms with van der Waals surface area (Å²) in [4.78, 5) is 0. The largest absolute Gasteiger partial charge is 0.327 e. The van der Waals surface area contributed by atoms with E-state index in [1.165, 1.54) is 12.8 Å². The molecule has 1 unspecified atom stereocenters. The average Bonchev–Trinajstić information content (AvgIpc) is 2.19. The highest BCUT2D eigenvalue weighted by molar-refractivity contribution is 4.88. The van der Waals surface area contributed by atoms with E-state index >= 15 is 0 Å². The molecule has 0 amide bonds. The lowest BCUT2D eigenvalue weighted by molar-refractivity contribution is 0.759. The van der Waals surface area contributed by atoms with E-state index < -0.39 is 0 Å². The van der Waals surface area contributed by atoms with Gasteiger partial charge in [0.1, 0.15) is 0 Å². The van der Waals surface area contributed by atoms with Gasteiger partial charge in [-0.2, -0.15) is 0 Å². The monoisotopic (exact) mass is 85.1 g/mol. The molecule has 2 atom stereocenters. The Morgan fingerprint density at radius 2 is 2.33 bits per heavy atom. The van der Waals surface area contributed by atoms with Crippen LogP contribution < -0.4 is 5.73 Å². The van der Waals surface area contributed by atoms with Gasteiger partial charge in [0, 0.05) is 6.04 Å². The molecule has 0 saturated heterocycles. The molecule has 1 fully saturated rings. The van der Waals surface area contributed by atoms with Gasteiger partial charge in [0.25, 0.3) is 0 Å². The molecule has 1 heteroatoms. The first-order chi connectivity index (χ1) is 2.84. The second-order valence-electron chi connectivity index (χ2n) is 2.07. The first-order valence-electron chi connectivity index (χ1n) is 2.60. The van der Waals surface area contributed by atoms with Crippen molar-refractivity contribution in [3.8, 4) is 0 Å². The van der Waals surface area contributed by atoms with Crippen LogP contribution in [0.5, 0.6) is 0 Å². The van der Waals surface area contributed by atoms with Crippen LogP contribution in [0.4, 0.5) is 0 Å². The van der Waals surface area contributed by atoms with Crippen LogP contribution in [0.25, 0.3) is 0 Å². The van der Waals surface area contributed by atoms with Gasteiger partial charge in [-0.3, -0.25) is 0 Å². The van der Waals surface area contributed by atoms with Crippen LogP contribution in [0, 0.1) is 5.92 Å². The van der Waals surface area contributed by atoms with Crippen molar-refractivity contribution in [2.75, 3.05) is 0 Å². The van der Waals surface area contributed by atoms with Gasteiger partial charge in [0.15, 0.2) is 0 Å². The van der Waals surface area contributed by atoms with Gasteiger partial charge < -0.3 is 5.73 Å². The lowest BCUT2D eigenvalue weighted by Crippen LogP contribution is -2.00. The quantitative estimate of drug-likeness (QED) is 0.499. The Bertz CT molecular complexity index is 49.9. The van der Waals surface area contributed by atoms with Gasteiger partial charge in [-0.05, 0) is 12.3 Å². The molecule has 0 heterocycles. The Kier molecular flexibility index (Phi) is 0.845. The zero-order valence-corrected chi connectivity index (χ0v) is 4.15. The maximum Gasteiger partial charge on any atom is 0.00708 e. The SMILES string of the molecule is CCC1C[C@@H]1N. The molecule has 0 aromatic heterocycles. The van der Waals surface area contributed by atoms with Crippen molar-refractivity contribution in [1.29, 1.82) is 0 Å². The highest BCUT2D eigenvalue weighted by atomic mass is 14.7. The molecule has 0 spiro atoms. The van der Waals surface area contributed by atoms with Crippen molar-refractivity contribution >= 4 is 0 Å². The maximum atomic E-state index is 5.48. The predicted molar refractivity (Wildman–Crippen MR) is 26.4 cm³/mol. The molecule has 0 radical (unpaired) electrons. The van der Waals surface area contributed by atoms with Gasteiger partial charge in [-0.15, -0.1) is 0 Å². The third-order valence-corrected chi connectivity index (χ3v) is 1.50. The molecule has 0 aromatic carbocycles. The normalized spacial score (nSPS) is 43.0. The van der Waals surface area contributed by atoms with E-state index in [1.54, 1.807) is 0 Å². The summed E-state index contributed by atoms with van der Waals surface area (Å²) in [6, 6.07) is 0.565. The highest BCUT2D eigenvalue weighted by Gasteiger charge is 2.30. The summed E-state index contributed by atoms with van der Waals surface area (Å²) in [5.41, 5.74) is 5.48. The molecular weight excluding hydrogens is 74.1 g/mol. The Balaban J connectivity index is 2.09. The summed E-state index contributed by atoms with van der Waals surface area (Å²) < 4.78 is 0. The van der Waals surface area contributed by atoms with Gasteiger partial charge in [0.2, 0.25) is 0 Å². The number of rotatable bonds is 1. The molecule has 1 aliphatic rings. The standard InChI is InChI=1S/C5H11N/c1-2-4-3-5(4)6/h4-5H,2-3,6H2,1H3/t4?,5-/m0/s1. The van der Waals surface area contributed by atoms with Crippen molar-refractivity contribution in [3.05, 3.63) is 0 Å². The number of hydrogen-bond donors (Lipinski definition) is 1. The lowest BCUT2D eigenvalue weighted by Gasteiger charge is -1.79. The minimum absolute atomic E-state index is 0.565. The molecule has 2 N–H and O–H groups in total. The van der Waals surface area contributed by atoms with Crippen molar-refractivity contribution in [1.82, 2.24) is 0 Å². The fourth-order valence-electron chi connectivity index (χ4n) is 0.740. The summed E-state index contributed by atoms with van der Waals surface area (Å²) in [6.45, 7) is 2.19. The van der Waals surface area contributed by atoms with Crippen LogP contribution >= 0.6 is 0 Å². The van der Waals surface area contributed by atoms with E-state index in [-0.39, 0.29) is 0 Å². The number of nitrogens with two attached hydrogens (primary N) is 1. The van der Waals surface area contributed by atoms with Crippen molar-refractivity contribution in [3.63, 3.8) is 0 Å². The Hall–Kier alpha value is -0.0400. The maximum absolute atomic E-state index is 5.48. The molecule has 0 bridgehead atoms.